The van der Waals surface area contributed by atoms with E-state index in [9.17, 15) is 13.2 Å². The molecule has 1 aliphatic carbocycles. The molecule has 1 saturated carbocycles. The second-order valence-electron chi connectivity index (χ2n) is 9.02. The Bertz CT molecular complexity index is 1140. The first-order valence-corrected chi connectivity index (χ1v) is 12.1. The van der Waals surface area contributed by atoms with Crippen molar-refractivity contribution >= 4 is 11.8 Å². The Morgan fingerprint density at radius 3 is 2.85 bits per heavy atom. The number of halogens is 3. The van der Waals surface area contributed by atoms with Gasteiger partial charge in [0, 0.05) is 24.8 Å². The minimum absolute atomic E-state index is 0.0552. The van der Waals surface area contributed by atoms with Crippen LogP contribution in [0.4, 0.5) is 13.2 Å². The number of piperidine rings is 1. The normalized spacial score (nSPS) is 23.0. The molecule has 2 unspecified atom stereocenters. The monoisotopic (exact) mass is 477 g/mol. The summed E-state index contributed by atoms with van der Waals surface area (Å²) < 4.78 is 46.7. The molecule has 0 spiro atoms. The summed E-state index contributed by atoms with van der Waals surface area (Å²) in [5.41, 5.74) is 1.05. The summed E-state index contributed by atoms with van der Waals surface area (Å²) >= 11 is 1.66. The first kappa shape index (κ1) is 22.5. The summed E-state index contributed by atoms with van der Waals surface area (Å²) in [4.78, 5) is 6.56. The summed E-state index contributed by atoms with van der Waals surface area (Å²) in [6, 6.07) is 5.95. The highest BCUT2D eigenvalue weighted by Crippen LogP contribution is 2.59. The van der Waals surface area contributed by atoms with E-state index >= 15 is 0 Å². The minimum Gasteiger partial charge on any atom is -0.440 e. The van der Waals surface area contributed by atoms with Crippen LogP contribution in [-0.2, 0) is 18.6 Å². The molecule has 2 fully saturated rings. The first-order valence-electron chi connectivity index (χ1n) is 11.1. The van der Waals surface area contributed by atoms with Crippen molar-refractivity contribution in [2.45, 2.75) is 42.9 Å². The van der Waals surface area contributed by atoms with Crippen molar-refractivity contribution in [3.63, 3.8) is 0 Å². The van der Waals surface area contributed by atoms with Crippen molar-refractivity contribution in [2.24, 2.45) is 13.0 Å². The van der Waals surface area contributed by atoms with Crippen molar-refractivity contribution in [1.29, 1.82) is 0 Å². The van der Waals surface area contributed by atoms with Crippen LogP contribution in [0.3, 0.4) is 0 Å². The zero-order valence-corrected chi connectivity index (χ0v) is 19.4. The molecular weight excluding hydrogens is 451 g/mol. The zero-order chi connectivity index (χ0) is 23.2. The molecule has 33 heavy (non-hydrogen) atoms. The van der Waals surface area contributed by atoms with Gasteiger partial charge in [0.05, 0.1) is 11.3 Å². The molecule has 3 heterocycles. The molecule has 176 valence electrons. The molecule has 1 aliphatic heterocycles. The Morgan fingerprint density at radius 1 is 1.27 bits per heavy atom. The van der Waals surface area contributed by atoms with E-state index in [4.69, 9.17) is 4.42 Å². The molecule has 1 saturated heterocycles. The lowest BCUT2D eigenvalue weighted by Crippen LogP contribution is -2.37. The van der Waals surface area contributed by atoms with Crippen molar-refractivity contribution < 1.29 is 17.6 Å². The third kappa shape index (κ3) is 4.30. The molecule has 5 rings (SSSR count). The van der Waals surface area contributed by atoms with Crippen LogP contribution in [-0.4, -0.2) is 50.0 Å². The van der Waals surface area contributed by atoms with Gasteiger partial charge in [-0.25, -0.2) is 4.98 Å². The number of oxazole rings is 1. The van der Waals surface area contributed by atoms with Gasteiger partial charge in [-0.15, -0.1) is 10.2 Å². The molecule has 0 N–H and O–H groups in total. The highest BCUT2D eigenvalue weighted by Gasteiger charge is 2.57. The van der Waals surface area contributed by atoms with Gasteiger partial charge in [-0.3, -0.25) is 0 Å². The van der Waals surface area contributed by atoms with Gasteiger partial charge in [0.2, 0.25) is 5.82 Å². The van der Waals surface area contributed by atoms with E-state index < -0.39 is 11.7 Å². The van der Waals surface area contributed by atoms with Gasteiger partial charge in [0.15, 0.2) is 17.3 Å². The fourth-order valence-corrected chi connectivity index (χ4v) is 5.83. The van der Waals surface area contributed by atoms with Gasteiger partial charge < -0.3 is 13.9 Å². The Hall–Kier alpha value is -2.33. The molecule has 1 aromatic carbocycles. The molecule has 2 aliphatic rings. The van der Waals surface area contributed by atoms with Crippen LogP contribution in [0.1, 0.15) is 36.1 Å². The third-order valence-electron chi connectivity index (χ3n) is 6.98. The maximum atomic E-state index is 13.1. The van der Waals surface area contributed by atoms with E-state index in [1.54, 1.807) is 17.8 Å². The SMILES string of the molecule is Cc1ncoc1-c1nnc(SCCCN2CCC3(c4cccc(C(F)(F)F)c4)CC3C2)n1C. The Kier molecular flexibility index (Phi) is 5.76. The number of alkyl halides is 3. The maximum Gasteiger partial charge on any atom is 0.416 e. The molecule has 10 heteroatoms. The van der Waals surface area contributed by atoms with Crippen LogP contribution in [0.15, 0.2) is 40.2 Å². The van der Waals surface area contributed by atoms with E-state index in [1.165, 1.54) is 12.5 Å². The fraction of sp³-hybridized carbons (Fsp3) is 0.522. The standard InChI is InChI=1S/C23H26F3N5OS/c1-15-19(32-14-27-15)20-28-29-21(30(20)2)33-10-4-8-31-9-7-22(12-18(22)13-31)16-5-3-6-17(11-16)23(24,25)26/h3,5-6,11,14,18H,4,7-10,12-13H2,1-2H3. The minimum atomic E-state index is -4.29. The summed E-state index contributed by atoms with van der Waals surface area (Å²) in [7, 11) is 1.92. The van der Waals surface area contributed by atoms with Crippen LogP contribution in [0.25, 0.3) is 11.6 Å². The largest absolute Gasteiger partial charge is 0.440 e. The predicted octanol–water partition coefficient (Wildman–Crippen LogP) is 4.94. The molecule has 2 aromatic heterocycles. The number of aryl methyl sites for hydroxylation is 1. The van der Waals surface area contributed by atoms with E-state index in [-0.39, 0.29) is 5.41 Å². The number of benzene rings is 1. The van der Waals surface area contributed by atoms with Crippen molar-refractivity contribution in [3.05, 3.63) is 47.5 Å². The molecule has 2 atom stereocenters. The second-order valence-corrected chi connectivity index (χ2v) is 10.1. The predicted molar refractivity (Wildman–Crippen MR) is 119 cm³/mol. The van der Waals surface area contributed by atoms with E-state index in [0.717, 1.165) is 67.1 Å². The number of likely N-dealkylation sites (tertiary alicyclic amines) is 1. The number of aromatic nitrogens is 4. The fourth-order valence-electron chi connectivity index (χ4n) is 5.00. The van der Waals surface area contributed by atoms with Crippen LogP contribution < -0.4 is 0 Å². The van der Waals surface area contributed by atoms with E-state index in [2.05, 4.69) is 20.1 Å². The van der Waals surface area contributed by atoms with Gasteiger partial charge in [-0.2, -0.15) is 13.2 Å². The van der Waals surface area contributed by atoms with E-state index in [0.29, 0.717) is 17.5 Å². The van der Waals surface area contributed by atoms with Gasteiger partial charge in [0.1, 0.15) is 0 Å². The van der Waals surface area contributed by atoms with Gasteiger partial charge in [0.25, 0.3) is 0 Å². The molecule has 0 bridgehead atoms. The quantitative estimate of drug-likeness (QED) is 0.355. The summed E-state index contributed by atoms with van der Waals surface area (Å²) in [5.74, 6) is 2.68. The average molecular weight is 478 g/mol. The Labute approximate surface area is 194 Å². The van der Waals surface area contributed by atoms with Crippen LogP contribution in [0, 0.1) is 12.8 Å². The number of thioether (sulfide) groups is 1. The number of fused-ring (bicyclic) bond motifs is 1. The van der Waals surface area contributed by atoms with E-state index in [1.807, 2.05) is 24.6 Å². The maximum absolute atomic E-state index is 13.1. The first-order chi connectivity index (χ1) is 15.8. The van der Waals surface area contributed by atoms with Gasteiger partial charge in [-0.05, 0) is 56.8 Å². The smallest absolute Gasteiger partial charge is 0.416 e. The van der Waals surface area contributed by atoms with Gasteiger partial charge in [-0.1, -0.05) is 30.0 Å². The Balaban J connectivity index is 1.11. The van der Waals surface area contributed by atoms with Gasteiger partial charge >= 0.3 is 6.18 Å². The average Bonchev–Trinajstić information content (AvgIpc) is 3.22. The van der Waals surface area contributed by atoms with Crippen molar-refractivity contribution in [2.75, 3.05) is 25.4 Å². The molecule has 0 amide bonds. The molecule has 3 aromatic rings. The van der Waals surface area contributed by atoms with Crippen LogP contribution in [0.2, 0.25) is 0 Å². The van der Waals surface area contributed by atoms with Crippen molar-refractivity contribution in [3.8, 4) is 11.6 Å². The lowest BCUT2D eigenvalue weighted by molar-refractivity contribution is -0.137. The summed E-state index contributed by atoms with van der Waals surface area (Å²) in [6.45, 7) is 4.74. The lowest BCUT2D eigenvalue weighted by atomic mass is 9.86. The summed E-state index contributed by atoms with van der Waals surface area (Å²) in [6.07, 6.45) is 0.0496. The Morgan fingerprint density at radius 2 is 2.12 bits per heavy atom. The lowest BCUT2D eigenvalue weighted by Gasteiger charge is -2.32. The molecule has 0 radical (unpaired) electrons. The number of hydrogen-bond donors (Lipinski definition) is 0. The van der Waals surface area contributed by atoms with Crippen LogP contribution in [0.5, 0.6) is 0 Å². The number of nitrogens with zero attached hydrogens (tertiary/aromatic N) is 5. The third-order valence-corrected chi connectivity index (χ3v) is 8.09. The molecular formula is C23H26F3N5OS. The highest BCUT2D eigenvalue weighted by molar-refractivity contribution is 7.99. The topological polar surface area (TPSA) is 60.0 Å². The zero-order valence-electron chi connectivity index (χ0n) is 18.6. The summed E-state index contributed by atoms with van der Waals surface area (Å²) in [5, 5.41) is 9.35. The molecule has 6 nitrogen and oxygen atoms in total. The number of hydrogen-bond acceptors (Lipinski definition) is 6. The van der Waals surface area contributed by atoms with Crippen molar-refractivity contribution in [1.82, 2.24) is 24.6 Å². The number of rotatable bonds is 7. The van der Waals surface area contributed by atoms with Crippen LogP contribution >= 0.6 is 11.8 Å². The second kappa shape index (κ2) is 8.47. The highest BCUT2D eigenvalue weighted by atomic mass is 32.2.